The van der Waals surface area contributed by atoms with Crippen molar-refractivity contribution in [3.63, 3.8) is 0 Å². The van der Waals surface area contributed by atoms with Crippen LogP contribution in [-0.4, -0.2) is 24.3 Å². The van der Waals surface area contributed by atoms with Gasteiger partial charge in [-0.2, -0.15) is 0 Å². The maximum atomic E-state index is 12.3. The number of fused-ring (bicyclic) bond motifs is 2. The van der Waals surface area contributed by atoms with Gasteiger partial charge in [0.05, 0.1) is 23.1 Å². The van der Waals surface area contributed by atoms with Gasteiger partial charge in [0.2, 0.25) is 0 Å². The third-order valence-electron chi connectivity index (χ3n) is 5.52. The predicted molar refractivity (Wildman–Crippen MR) is 89.6 cm³/mol. The van der Waals surface area contributed by atoms with Crippen LogP contribution in [0.3, 0.4) is 0 Å². The molecule has 2 aliphatic heterocycles. The zero-order chi connectivity index (χ0) is 16.0. The van der Waals surface area contributed by atoms with E-state index in [-0.39, 0.29) is 0 Å². The molecule has 4 rings (SSSR count). The Morgan fingerprint density at radius 3 is 2.22 bits per heavy atom. The van der Waals surface area contributed by atoms with Gasteiger partial charge in [0.25, 0.3) is 0 Å². The molecular weight excluding hydrogens is 360 g/mol. The molecule has 0 atom stereocenters. The molecule has 124 valence electrons. The van der Waals surface area contributed by atoms with Crippen LogP contribution in [0.25, 0.3) is 0 Å². The van der Waals surface area contributed by atoms with E-state index in [1.807, 2.05) is 0 Å². The maximum Gasteiger partial charge on any atom is 0.314 e. The first-order chi connectivity index (χ1) is 11.1. The molecule has 1 saturated carbocycles. The van der Waals surface area contributed by atoms with E-state index < -0.39 is 11.4 Å². The molecule has 0 bridgehead atoms. The summed E-state index contributed by atoms with van der Waals surface area (Å²) in [6, 6.07) is 0. The Labute approximate surface area is 144 Å². The Hall–Kier alpha value is -1.23. The number of halogens is 1. The summed E-state index contributed by atoms with van der Waals surface area (Å²) >= 11 is 3.70. The lowest BCUT2D eigenvalue weighted by atomic mass is 9.73. The van der Waals surface area contributed by atoms with Crippen molar-refractivity contribution >= 4 is 21.9 Å². The number of ether oxygens (including phenoxy) is 2. The lowest BCUT2D eigenvalue weighted by molar-refractivity contribution is -0.143. The monoisotopic (exact) mass is 380 g/mol. The fourth-order valence-corrected chi connectivity index (χ4v) is 5.18. The molecule has 1 N–H and O–H groups in total. The zero-order valence-electron chi connectivity index (χ0n) is 13.1. The van der Waals surface area contributed by atoms with E-state index in [1.54, 1.807) is 0 Å². The topological polar surface area (TPSA) is 55.8 Å². The lowest BCUT2D eigenvalue weighted by Crippen LogP contribution is -2.36. The average Bonchev–Trinajstić information content (AvgIpc) is 3.06. The van der Waals surface area contributed by atoms with E-state index in [0.717, 1.165) is 71.2 Å². The molecule has 0 radical (unpaired) electrons. The molecule has 0 amide bonds. The quantitative estimate of drug-likeness (QED) is 0.842. The van der Waals surface area contributed by atoms with Crippen molar-refractivity contribution in [3.8, 4) is 11.5 Å². The summed E-state index contributed by atoms with van der Waals surface area (Å²) in [5, 5.41) is 10.1. The Morgan fingerprint density at radius 1 is 0.957 bits per heavy atom. The smallest absolute Gasteiger partial charge is 0.314 e. The molecule has 0 saturated heterocycles. The first-order valence-corrected chi connectivity index (χ1v) is 9.31. The van der Waals surface area contributed by atoms with Crippen LogP contribution >= 0.6 is 15.9 Å². The predicted octanol–water partition coefficient (Wildman–Crippen LogP) is 4.00. The molecule has 0 aromatic heterocycles. The van der Waals surface area contributed by atoms with Crippen LogP contribution in [0.15, 0.2) is 4.47 Å². The van der Waals surface area contributed by atoms with E-state index in [4.69, 9.17) is 9.47 Å². The van der Waals surface area contributed by atoms with E-state index >= 15 is 0 Å². The normalized spacial score (nSPS) is 21.8. The molecule has 0 spiro atoms. The van der Waals surface area contributed by atoms with E-state index in [0.29, 0.717) is 26.1 Å². The number of aliphatic carboxylic acids is 1. The third-order valence-corrected chi connectivity index (χ3v) is 6.36. The minimum absolute atomic E-state index is 0.668. The number of carboxylic acid groups (broad SMARTS) is 1. The second kappa shape index (κ2) is 5.69. The number of carboxylic acids is 1. The van der Waals surface area contributed by atoms with E-state index in [9.17, 15) is 9.90 Å². The highest BCUT2D eigenvalue weighted by Gasteiger charge is 2.48. The minimum Gasteiger partial charge on any atom is -0.493 e. The van der Waals surface area contributed by atoms with Crippen LogP contribution in [0.2, 0.25) is 0 Å². The number of carbonyl (C=O) groups is 1. The summed E-state index contributed by atoms with van der Waals surface area (Å²) in [4.78, 5) is 12.3. The summed E-state index contributed by atoms with van der Waals surface area (Å²) in [7, 11) is 0. The van der Waals surface area contributed by atoms with Gasteiger partial charge in [0.1, 0.15) is 11.5 Å². The van der Waals surface area contributed by atoms with Gasteiger partial charge in [-0.05, 0) is 54.5 Å². The third kappa shape index (κ3) is 2.19. The highest BCUT2D eigenvalue weighted by atomic mass is 79.9. The van der Waals surface area contributed by atoms with Gasteiger partial charge >= 0.3 is 5.97 Å². The lowest BCUT2D eigenvalue weighted by Gasteiger charge is -2.35. The van der Waals surface area contributed by atoms with E-state index in [1.165, 1.54) is 0 Å². The van der Waals surface area contributed by atoms with Crippen molar-refractivity contribution in [1.82, 2.24) is 0 Å². The zero-order valence-corrected chi connectivity index (χ0v) is 14.7. The highest BCUT2D eigenvalue weighted by Crippen LogP contribution is 2.54. The van der Waals surface area contributed by atoms with Crippen LogP contribution in [0, 0.1) is 0 Å². The van der Waals surface area contributed by atoms with Gasteiger partial charge in [-0.25, -0.2) is 0 Å². The molecule has 1 fully saturated rings. The Bertz CT molecular complexity index is 624. The molecule has 0 unspecified atom stereocenters. The van der Waals surface area contributed by atoms with Gasteiger partial charge < -0.3 is 14.6 Å². The summed E-state index contributed by atoms with van der Waals surface area (Å²) in [6.07, 6.45) is 7.01. The second-order valence-corrected chi connectivity index (χ2v) is 7.60. The fourth-order valence-electron chi connectivity index (χ4n) is 4.44. The molecular formula is C18H21BrO4. The summed E-state index contributed by atoms with van der Waals surface area (Å²) < 4.78 is 13.0. The van der Waals surface area contributed by atoms with Crippen molar-refractivity contribution in [2.75, 3.05) is 13.2 Å². The van der Waals surface area contributed by atoms with Crippen LogP contribution in [0.4, 0.5) is 0 Å². The number of rotatable bonds is 2. The molecule has 23 heavy (non-hydrogen) atoms. The molecule has 2 heterocycles. The molecule has 1 aromatic carbocycles. The van der Waals surface area contributed by atoms with Gasteiger partial charge in [0.15, 0.2) is 0 Å². The summed E-state index contributed by atoms with van der Waals surface area (Å²) in [5.74, 6) is 0.987. The number of benzene rings is 1. The van der Waals surface area contributed by atoms with Gasteiger partial charge in [-0.3, -0.25) is 4.79 Å². The number of hydrogen-bond donors (Lipinski definition) is 1. The van der Waals surface area contributed by atoms with Crippen LogP contribution in [-0.2, 0) is 23.1 Å². The fraction of sp³-hybridized carbons (Fsp3) is 0.611. The van der Waals surface area contributed by atoms with Gasteiger partial charge in [-0.15, -0.1) is 0 Å². The molecule has 3 aliphatic rings. The van der Waals surface area contributed by atoms with Crippen molar-refractivity contribution in [2.45, 2.75) is 56.8 Å². The van der Waals surface area contributed by atoms with Gasteiger partial charge in [0, 0.05) is 16.7 Å². The van der Waals surface area contributed by atoms with Crippen molar-refractivity contribution < 1.29 is 19.4 Å². The molecule has 1 aliphatic carbocycles. The maximum absolute atomic E-state index is 12.3. The first kappa shape index (κ1) is 15.3. The SMILES string of the molecule is O=C(O)C1(c2c3c(c(Br)c4c2OCCC4)OCCC3)CCCC1. The minimum atomic E-state index is -0.799. The van der Waals surface area contributed by atoms with Crippen LogP contribution < -0.4 is 9.47 Å². The summed E-state index contributed by atoms with van der Waals surface area (Å²) in [5.41, 5.74) is 2.29. The van der Waals surface area contributed by atoms with Crippen molar-refractivity contribution in [1.29, 1.82) is 0 Å². The Morgan fingerprint density at radius 2 is 1.57 bits per heavy atom. The standard InChI is InChI=1S/C18H21BrO4/c19-14-12-6-4-9-22-15(12)13(11-5-3-10-23-16(11)14)18(17(20)21)7-1-2-8-18/h1-10H2,(H,20,21). The average molecular weight is 381 g/mol. The van der Waals surface area contributed by atoms with E-state index in [2.05, 4.69) is 15.9 Å². The Balaban J connectivity index is 2.03. The largest absolute Gasteiger partial charge is 0.493 e. The molecule has 1 aromatic rings. The molecule has 5 heteroatoms. The van der Waals surface area contributed by atoms with Crippen LogP contribution in [0.5, 0.6) is 11.5 Å². The first-order valence-electron chi connectivity index (χ1n) is 8.52. The van der Waals surface area contributed by atoms with Crippen molar-refractivity contribution in [3.05, 3.63) is 21.2 Å². The number of hydrogen-bond acceptors (Lipinski definition) is 3. The summed E-state index contributed by atoms with van der Waals surface area (Å²) in [6.45, 7) is 1.37. The second-order valence-electron chi connectivity index (χ2n) is 6.80. The Kier molecular flexibility index (Phi) is 3.79. The molecule has 4 nitrogen and oxygen atoms in total. The van der Waals surface area contributed by atoms with Crippen LogP contribution in [0.1, 0.15) is 55.2 Å². The van der Waals surface area contributed by atoms with Gasteiger partial charge in [-0.1, -0.05) is 12.8 Å². The van der Waals surface area contributed by atoms with Crippen molar-refractivity contribution in [2.24, 2.45) is 0 Å². The highest BCUT2D eigenvalue weighted by molar-refractivity contribution is 9.10.